The van der Waals surface area contributed by atoms with Crippen LogP contribution in [0.2, 0.25) is 0 Å². The summed E-state index contributed by atoms with van der Waals surface area (Å²) in [5.74, 6) is 0.221. The average Bonchev–Trinajstić information content (AvgIpc) is 3.19. The first-order chi connectivity index (χ1) is 16.8. The minimum absolute atomic E-state index is 0.148. The monoisotopic (exact) mass is 476 g/mol. The first kappa shape index (κ1) is 24.2. The van der Waals surface area contributed by atoms with Gasteiger partial charge in [-0.3, -0.25) is 14.2 Å². The van der Waals surface area contributed by atoms with Crippen molar-refractivity contribution in [3.8, 4) is 11.4 Å². The molecule has 0 spiro atoms. The lowest BCUT2D eigenvalue weighted by Crippen LogP contribution is -2.27. The number of amides is 1. The first-order valence-corrected chi connectivity index (χ1v) is 11.6. The van der Waals surface area contributed by atoms with Crippen LogP contribution in [0.5, 0.6) is 5.75 Å². The van der Waals surface area contributed by atoms with Crippen molar-refractivity contribution in [3.63, 3.8) is 0 Å². The number of halogens is 1. The molecule has 1 N–H and O–H groups in total. The second-order valence-corrected chi connectivity index (χ2v) is 8.46. The third-order valence-electron chi connectivity index (χ3n) is 6.15. The molecule has 4 aromatic rings. The minimum atomic E-state index is -0.378. The van der Waals surface area contributed by atoms with Crippen molar-refractivity contribution in [2.75, 3.05) is 6.61 Å². The van der Waals surface area contributed by atoms with E-state index in [1.165, 1.54) is 16.7 Å². The van der Waals surface area contributed by atoms with Crippen LogP contribution >= 0.6 is 0 Å². The molecule has 0 aliphatic rings. The number of carbonyl (C=O) groups excluding carboxylic acids is 1. The fraction of sp³-hybridized carbons (Fsp3) is 0.296. The maximum Gasteiger partial charge on any atom is 0.255 e. The van der Waals surface area contributed by atoms with Gasteiger partial charge >= 0.3 is 0 Å². The summed E-state index contributed by atoms with van der Waals surface area (Å²) in [5.41, 5.74) is 3.94. The Balaban J connectivity index is 1.57. The number of fused-ring (bicyclic) bond motifs is 1. The van der Waals surface area contributed by atoms with Gasteiger partial charge in [-0.05, 0) is 57.0 Å². The van der Waals surface area contributed by atoms with Gasteiger partial charge in [-0.15, -0.1) is 0 Å². The zero-order chi connectivity index (χ0) is 25.1. The second kappa shape index (κ2) is 10.1. The van der Waals surface area contributed by atoms with Crippen molar-refractivity contribution in [3.05, 3.63) is 87.1 Å². The number of aromatic nitrogens is 3. The molecule has 8 heteroatoms. The van der Waals surface area contributed by atoms with Crippen molar-refractivity contribution in [2.24, 2.45) is 7.05 Å². The van der Waals surface area contributed by atoms with Gasteiger partial charge in [0.05, 0.1) is 18.0 Å². The average molecular weight is 477 g/mol. The Morgan fingerprint density at radius 1 is 1.14 bits per heavy atom. The molecule has 35 heavy (non-hydrogen) atoms. The summed E-state index contributed by atoms with van der Waals surface area (Å²) in [7, 11) is 1.68. The van der Waals surface area contributed by atoms with Crippen molar-refractivity contribution in [2.45, 2.75) is 40.2 Å². The third-order valence-corrected chi connectivity index (χ3v) is 6.15. The van der Waals surface area contributed by atoms with Crippen LogP contribution in [0.1, 0.15) is 35.7 Å². The molecular formula is C27H29FN4O3. The standard InChI is InChI=1S/C27H29FN4O3/c1-5-35-23-12-7-6-9-19(23)16-29-24(33)14-13-22-17(2)25-18(3)30-32(26(25)31(4)27(22)34)21-11-8-10-20(28)15-21/h6-12,15H,5,13-14,16H2,1-4H3,(H,29,33). The fourth-order valence-corrected chi connectivity index (χ4v) is 4.42. The van der Waals surface area contributed by atoms with E-state index in [2.05, 4.69) is 10.4 Å². The summed E-state index contributed by atoms with van der Waals surface area (Å²) in [4.78, 5) is 25.9. The Labute approximate surface area is 203 Å². The smallest absolute Gasteiger partial charge is 0.255 e. The van der Waals surface area contributed by atoms with E-state index in [1.807, 2.05) is 45.0 Å². The zero-order valence-electron chi connectivity index (χ0n) is 20.4. The molecule has 182 valence electrons. The van der Waals surface area contributed by atoms with Crippen LogP contribution < -0.4 is 15.6 Å². The van der Waals surface area contributed by atoms with Crippen molar-refractivity contribution in [1.29, 1.82) is 0 Å². The highest BCUT2D eigenvalue weighted by Gasteiger charge is 2.20. The van der Waals surface area contributed by atoms with Crippen LogP contribution in [-0.2, 0) is 24.8 Å². The van der Waals surface area contributed by atoms with E-state index in [4.69, 9.17) is 4.74 Å². The van der Waals surface area contributed by atoms with Gasteiger partial charge in [-0.1, -0.05) is 24.3 Å². The number of rotatable bonds is 8. The van der Waals surface area contributed by atoms with E-state index in [0.29, 0.717) is 36.5 Å². The van der Waals surface area contributed by atoms with Gasteiger partial charge in [0, 0.05) is 36.5 Å². The normalized spacial score (nSPS) is 11.1. The molecule has 0 fully saturated rings. The number of ether oxygens (including phenoxy) is 1. The summed E-state index contributed by atoms with van der Waals surface area (Å²) in [5, 5.41) is 8.34. The van der Waals surface area contributed by atoms with Crippen LogP contribution in [0.15, 0.2) is 53.3 Å². The molecule has 4 rings (SSSR count). The third kappa shape index (κ3) is 4.82. The second-order valence-electron chi connectivity index (χ2n) is 8.46. The van der Waals surface area contributed by atoms with Crippen molar-refractivity contribution >= 4 is 16.9 Å². The summed E-state index contributed by atoms with van der Waals surface area (Å²) in [6.07, 6.45) is 0.480. The molecule has 0 bridgehead atoms. The Morgan fingerprint density at radius 2 is 1.91 bits per heavy atom. The number of hydrogen-bond donors (Lipinski definition) is 1. The molecule has 0 unspecified atom stereocenters. The lowest BCUT2D eigenvalue weighted by atomic mass is 10.0. The van der Waals surface area contributed by atoms with Crippen LogP contribution in [0.25, 0.3) is 16.7 Å². The molecule has 0 aliphatic carbocycles. The van der Waals surface area contributed by atoms with E-state index in [-0.39, 0.29) is 23.7 Å². The maximum atomic E-state index is 13.8. The Hall–Kier alpha value is -3.94. The molecule has 2 heterocycles. The maximum absolute atomic E-state index is 13.8. The quantitative estimate of drug-likeness (QED) is 0.415. The van der Waals surface area contributed by atoms with Crippen LogP contribution in [-0.4, -0.2) is 26.9 Å². The molecule has 0 atom stereocenters. The van der Waals surface area contributed by atoms with Gasteiger partial charge in [0.2, 0.25) is 5.91 Å². The Bertz CT molecular complexity index is 1460. The number of nitrogens with zero attached hydrogens (tertiary/aromatic N) is 3. The van der Waals surface area contributed by atoms with Gasteiger partial charge in [0.1, 0.15) is 17.2 Å². The molecular weight excluding hydrogens is 447 g/mol. The van der Waals surface area contributed by atoms with E-state index in [9.17, 15) is 14.0 Å². The van der Waals surface area contributed by atoms with Gasteiger partial charge in [-0.25, -0.2) is 9.07 Å². The number of benzene rings is 2. The van der Waals surface area contributed by atoms with Gasteiger partial charge < -0.3 is 10.1 Å². The molecule has 0 saturated heterocycles. The van der Waals surface area contributed by atoms with E-state index >= 15 is 0 Å². The number of pyridine rings is 1. The number of carbonyl (C=O) groups is 1. The van der Waals surface area contributed by atoms with Crippen molar-refractivity contribution in [1.82, 2.24) is 19.7 Å². The Morgan fingerprint density at radius 3 is 2.66 bits per heavy atom. The summed E-state index contributed by atoms with van der Waals surface area (Å²) in [6, 6.07) is 13.7. The number of para-hydroxylation sites is 1. The number of hydrogen-bond acceptors (Lipinski definition) is 4. The predicted octanol–water partition coefficient (Wildman–Crippen LogP) is 4.13. The molecule has 2 aromatic heterocycles. The summed E-state index contributed by atoms with van der Waals surface area (Å²) in [6.45, 7) is 6.55. The SMILES string of the molecule is CCOc1ccccc1CNC(=O)CCc1c(C)c2c(C)nn(-c3cccc(F)c3)c2n(C)c1=O. The van der Waals surface area contributed by atoms with Gasteiger partial charge in [0.25, 0.3) is 5.56 Å². The number of nitrogens with one attached hydrogen (secondary N) is 1. The molecule has 1 amide bonds. The molecule has 0 saturated carbocycles. The predicted molar refractivity (Wildman–Crippen MR) is 134 cm³/mol. The molecule has 2 aromatic carbocycles. The zero-order valence-corrected chi connectivity index (χ0v) is 20.4. The molecule has 0 radical (unpaired) electrons. The van der Waals surface area contributed by atoms with Crippen LogP contribution in [0.3, 0.4) is 0 Å². The lowest BCUT2D eigenvalue weighted by Gasteiger charge is -2.13. The summed E-state index contributed by atoms with van der Waals surface area (Å²) < 4.78 is 22.6. The van der Waals surface area contributed by atoms with Gasteiger partial charge in [0.15, 0.2) is 0 Å². The topological polar surface area (TPSA) is 78.2 Å². The van der Waals surface area contributed by atoms with Crippen LogP contribution in [0.4, 0.5) is 4.39 Å². The highest BCUT2D eigenvalue weighted by atomic mass is 19.1. The Kier molecular flexibility index (Phi) is 7.00. The van der Waals surface area contributed by atoms with Crippen molar-refractivity contribution < 1.29 is 13.9 Å². The minimum Gasteiger partial charge on any atom is -0.494 e. The van der Waals surface area contributed by atoms with E-state index in [1.54, 1.807) is 23.9 Å². The first-order valence-electron chi connectivity index (χ1n) is 11.6. The van der Waals surface area contributed by atoms with Gasteiger partial charge in [-0.2, -0.15) is 5.10 Å². The van der Waals surface area contributed by atoms with Crippen LogP contribution in [0, 0.1) is 19.7 Å². The van der Waals surface area contributed by atoms with E-state index in [0.717, 1.165) is 28.0 Å². The lowest BCUT2D eigenvalue weighted by molar-refractivity contribution is -0.121. The molecule has 7 nitrogen and oxygen atoms in total. The highest BCUT2D eigenvalue weighted by Crippen LogP contribution is 2.26. The molecule has 0 aliphatic heterocycles. The highest BCUT2D eigenvalue weighted by molar-refractivity contribution is 5.85. The van der Waals surface area contributed by atoms with E-state index < -0.39 is 0 Å². The largest absolute Gasteiger partial charge is 0.494 e. The number of aryl methyl sites for hydroxylation is 3. The fourth-order valence-electron chi connectivity index (χ4n) is 4.42. The summed E-state index contributed by atoms with van der Waals surface area (Å²) >= 11 is 0.